The molecule has 1 saturated carbocycles. The number of hydrogen-bond acceptors (Lipinski definition) is 3. The molecule has 0 aromatic heterocycles. The van der Waals surface area contributed by atoms with Crippen LogP contribution in [0, 0.1) is 22.6 Å². The number of anilines is 1. The molecule has 100 valence electrons. The first kappa shape index (κ1) is 13.3. The minimum atomic E-state index is -0.935. The fourth-order valence-electron chi connectivity index (χ4n) is 2.02. The van der Waals surface area contributed by atoms with E-state index < -0.39 is 11.2 Å². The molecule has 5 heteroatoms. The van der Waals surface area contributed by atoms with E-state index in [-0.39, 0.29) is 11.7 Å². The Labute approximate surface area is 111 Å². The van der Waals surface area contributed by atoms with Crippen molar-refractivity contribution in [1.82, 2.24) is 0 Å². The maximum Gasteiger partial charge on any atom is 0.244 e. The van der Waals surface area contributed by atoms with Gasteiger partial charge in [0.25, 0.3) is 0 Å². The van der Waals surface area contributed by atoms with Crippen LogP contribution in [0.2, 0.25) is 0 Å². The van der Waals surface area contributed by atoms with Gasteiger partial charge in [-0.25, -0.2) is 4.39 Å². The second-order valence-electron chi connectivity index (χ2n) is 4.58. The van der Waals surface area contributed by atoms with Gasteiger partial charge in [0, 0.05) is 11.8 Å². The summed E-state index contributed by atoms with van der Waals surface area (Å²) in [7, 11) is 0. The van der Waals surface area contributed by atoms with Crippen LogP contribution in [0.1, 0.15) is 26.2 Å². The Kier molecular flexibility index (Phi) is 3.70. The molecule has 1 aromatic carbocycles. The number of benzene rings is 1. The summed E-state index contributed by atoms with van der Waals surface area (Å²) in [5.41, 5.74) is -0.595. The van der Waals surface area contributed by atoms with Crippen LogP contribution >= 0.6 is 0 Å². The van der Waals surface area contributed by atoms with E-state index in [1.807, 2.05) is 0 Å². The number of nitrogens with zero attached hydrogens (tertiary/aromatic N) is 1. The van der Waals surface area contributed by atoms with Crippen molar-refractivity contribution in [2.45, 2.75) is 26.2 Å². The molecule has 0 unspecified atom stereocenters. The average Bonchev–Trinajstić information content (AvgIpc) is 2.32. The Morgan fingerprint density at radius 2 is 2.32 bits per heavy atom. The Morgan fingerprint density at radius 1 is 1.58 bits per heavy atom. The fraction of sp³-hybridized carbons (Fsp3) is 0.429. The van der Waals surface area contributed by atoms with Crippen LogP contribution in [0.4, 0.5) is 10.1 Å². The molecule has 1 aliphatic carbocycles. The number of nitriles is 1. The quantitative estimate of drug-likeness (QED) is 0.907. The van der Waals surface area contributed by atoms with Gasteiger partial charge in [-0.3, -0.25) is 4.79 Å². The lowest BCUT2D eigenvalue weighted by molar-refractivity contribution is -0.126. The SMILES string of the molecule is CCOc1ccc(NC(=O)C2(C#N)CCC2)cc1F. The monoisotopic (exact) mass is 262 g/mol. The predicted octanol–water partition coefficient (Wildman–Crippen LogP) is 2.86. The van der Waals surface area contributed by atoms with Crippen LogP contribution in [0.5, 0.6) is 5.75 Å². The van der Waals surface area contributed by atoms with E-state index >= 15 is 0 Å². The number of halogens is 1. The zero-order valence-electron chi connectivity index (χ0n) is 10.7. The summed E-state index contributed by atoms with van der Waals surface area (Å²) in [4.78, 5) is 12.0. The summed E-state index contributed by atoms with van der Waals surface area (Å²) in [6.45, 7) is 2.14. The molecular weight excluding hydrogens is 247 g/mol. The van der Waals surface area contributed by atoms with Gasteiger partial charge in [0.1, 0.15) is 5.41 Å². The highest BCUT2D eigenvalue weighted by molar-refractivity contribution is 5.97. The third-order valence-corrected chi connectivity index (χ3v) is 3.35. The van der Waals surface area contributed by atoms with Crippen molar-refractivity contribution in [3.05, 3.63) is 24.0 Å². The Morgan fingerprint density at radius 3 is 2.79 bits per heavy atom. The minimum absolute atomic E-state index is 0.152. The van der Waals surface area contributed by atoms with E-state index in [4.69, 9.17) is 10.00 Å². The molecule has 0 spiro atoms. The molecule has 2 rings (SSSR count). The fourth-order valence-corrected chi connectivity index (χ4v) is 2.02. The van der Waals surface area contributed by atoms with Crippen molar-refractivity contribution in [2.24, 2.45) is 5.41 Å². The van der Waals surface area contributed by atoms with Crippen molar-refractivity contribution in [3.8, 4) is 11.8 Å². The van der Waals surface area contributed by atoms with Crippen molar-refractivity contribution in [2.75, 3.05) is 11.9 Å². The Bertz CT molecular complexity index is 533. The molecule has 0 aliphatic heterocycles. The topological polar surface area (TPSA) is 62.1 Å². The molecule has 1 aliphatic rings. The molecule has 0 saturated heterocycles. The summed E-state index contributed by atoms with van der Waals surface area (Å²) in [6, 6.07) is 6.28. The van der Waals surface area contributed by atoms with Crippen molar-refractivity contribution in [1.29, 1.82) is 5.26 Å². The molecule has 0 bridgehead atoms. The highest BCUT2D eigenvalue weighted by atomic mass is 19.1. The maximum absolute atomic E-state index is 13.6. The van der Waals surface area contributed by atoms with E-state index in [1.165, 1.54) is 12.1 Å². The molecule has 19 heavy (non-hydrogen) atoms. The molecule has 4 nitrogen and oxygen atoms in total. The number of hydrogen-bond donors (Lipinski definition) is 1. The number of amides is 1. The number of carbonyl (C=O) groups is 1. The lowest BCUT2D eigenvalue weighted by atomic mass is 9.69. The zero-order valence-corrected chi connectivity index (χ0v) is 10.7. The van der Waals surface area contributed by atoms with Crippen molar-refractivity contribution < 1.29 is 13.9 Å². The first-order valence-electron chi connectivity index (χ1n) is 6.26. The minimum Gasteiger partial charge on any atom is -0.491 e. The molecule has 0 atom stereocenters. The van der Waals surface area contributed by atoms with E-state index in [0.29, 0.717) is 25.1 Å². The van der Waals surface area contributed by atoms with Gasteiger partial charge in [-0.15, -0.1) is 0 Å². The van der Waals surface area contributed by atoms with Gasteiger partial charge in [-0.2, -0.15) is 5.26 Å². The molecule has 0 radical (unpaired) electrons. The van der Waals surface area contributed by atoms with Gasteiger partial charge in [-0.1, -0.05) is 0 Å². The van der Waals surface area contributed by atoms with E-state index in [1.54, 1.807) is 13.0 Å². The Hall–Kier alpha value is -2.09. The average molecular weight is 262 g/mol. The number of rotatable bonds is 4. The van der Waals surface area contributed by atoms with Gasteiger partial charge >= 0.3 is 0 Å². The summed E-state index contributed by atoms with van der Waals surface area (Å²) in [5, 5.41) is 11.6. The van der Waals surface area contributed by atoms with Crippen molar-refractivity contribution >= 4 is 11.6 Å². The van der Waals surface area contributed by atoms with Crippen LogP contribution in [-0.2, 0) is 4.79 Å². The maximum atomic E-state index is 13.6. The molecular formula is C14H15FN2O2. The van der Waals surface area contributed by atoms with E-state index in [0.717, 1.165) is 6.42 Å². The second-order valence-corrected chi connectivity index (χ2v) is 4.58. The third kappa shape index (κ3) is 2.53. The smallest absolute Gasteiger partial charge is 0.244 e. The van der Waals surface area contributed by atoms with E-state index in [2.05, 4.69) is 11.4 Å². The second kappa shape index (κ2) is 5.27. The van der Waals surface area contributed by atoms with Gasteiger partial charge < -0.3 is 10.1 Å². The lowest BCUT2D eigenvalue weighted by Gasteiger charge is -2.33. The van der Waals surface area contributed by atoms with Crippen molar-refractivity contribution in [3.63, 3.8) is 0 Å². The van der Waals surface area contributed by atoms with Gasteiger partial charge in [0.15, 0.2) is 11.6 Å². The molecule has 1 amide bonds. The predicted molar refractivity (Wildman–Crippen MR) is 68.1 cm³/mol. The van der Waals surface area contributed by atoms with Crippen LogP contribution in [0.3, 0.4) is 0 Å². The summed E-state index contributed by atoms with van der Waals surface area (Å²) in [5.74, 6) is -0.733. The van der Waals surface area contributed by atoms with Crippen LogP contribution in [-0.4, -0.2) is 12.5 Å². The largest absolute Gasteiger partial charge is 0.491 e. The summed E-state index contributed by atoms with van der Waals surface area (Å²) in [6.07, 6.45) is 2.00. The number of nitrogens with one attached hydrogen (secondary N) is 1. The van der Waals surface area contributed by atoms with Gasteiger partial charge in [0.05, 0.1) is 12.7 Å². The van der Waals surface area contributed by atoms with Crippen LogP contribution in [0.25, 0.3) is 0 Å². The highest BCUT2D eigenvalue weighted by Crippen LogP contribution is 2.41. The van der Waals surface area contributed by atoms with Gasteiger partial charge in [0.2, 0.25) is 5.91 Å². The summed E-state index contributed by atoms with van der Waals surface area (Å²) >= 11 is 0. The molecule has 1 fully saturated rings. The molecule has 1 aromatic rings. The molecule has 1 N–H and O–H groups in total. The lowest BCUT2D eigenvalue weighted by Crippen LogP contribution is -2.40. The number of ether oxygens (including phenoxy) is 1. The normalized spacial score (nSPS) is 16.1. The molecule has 0 heterocycles. The first-order chi connectivity index (χ1) is 9.11. The van der Waals surface area contributed by atoms with Gasteiger partial charge in [-0.05, 0) is 38.3 Å². The van der Waals surface area contributed by atoms with Crippen LogP contribution < -0.4 is 10.1 Å². The van der Waals surface area contributed by atoms with E-state index in [9.17, 15) is 9.18 Å². The standard InChI is InChI=1S/C14H15FN2O2/c1-2-19-12-5-4-10(8-11(12)15)17-13(18)14(9-16)6-3-7-14/h4-5,8H,2-3,6-7H2,1H3,(H,17,18). The first-order valence-corrected chi connectivity index (χ1v) is 6.26. The number of carbonyl (C=O) groups excluding carboxylic acids is 1. The third-order valence-electron chi connectivity index (χ3n) is 3.35. The highest BCUT2D eigenvalue weighted by Gasteiger charge is 2.44. The summed E-state index contributed by atoms with van der Waals surface area (Å²) < 4.78 is 18.7. The van der Waals surface area contributed by atoms with Crippen LogP contribution in [0.15, 0.2) is 18.2 Å². The Balaban J connectivity index is 2.10. The zero-order chi connectivity index (χ0) is 13.9.